The summed E-state index contributed by atoms with van der Waals surface area (Å²) in [6.45, 7) is -0.147. The van der Waals surface area contributed by atoms with Gasteiger partial charge in [-0.25, -0.2) is 8.78 Å². The SMILES string of the molecule is Fc1ccc(Cn2nc(CCc3nn[nH]n3)c3ccc(C(F)(F)F)cc32)c(F)c1. The summed E-state index contributed by atoms with van der Waals surface area (Å²) < 4.78 is 68.0. The smallest absolute Gasteiger partial charge is 0.260 e. The number of fused-ring (bicyclic) bond motifs is 1. The van der Waals surface area contributed by atoms with Crippen LogP contribution in [0.3, 0.4) is 0 Å². The molecule has 0 amide bonds. The molecule has 2 heterocycles. The van der Waals surface area contributed by atoms with Crippen molar-refractivity contribution in [3.05, 3.63) is 70.7 Å². The molecule has 4 aromatic rings. The van der Waals surface area contributed by atoms with Crippen molar-refractivity contribution in [1.29, 1.82) is 0 Å². The maximum Gasteiger partial charge on any atom is 0.416 e. The van der Waals surface area contributed by atoms with E-state index in [0.29, 0.717) is 29.7 Å². The lowest BCUT2D eigenvalue weighted by molar-refractivity contribution is -0.137. The van der Waals surface area contributed by atoms with Crippen LogP contribution in [0.25, 0.3) is 10.9 Å². The number of nitrogens with zero attached hydrogens (tertiary/aromatic N) is 5. The van der Waals surface area contributed by atoms with Crippen molar-refractivity contribution in [2.45, 2.75) is 25.6 Å². The standard InChI is InChI=1S/C18H13F5N6/c19-12-3-1-10(14(20)8-12)9-29-16-7-11(18(21,22)23)2-4-13(16)15(26-29)5-6-17-24-27-28-25-17/h1-4,7-8H,5-6,9H2,(H,24,25,27,28). The van der Waals surface area contributed by atoms with Gasteiger partial charge in [0.05, 0.1) is 23.3 Å². The van der Waals surface area contributed by atoms with Crippen molar-refractivity contribution in [2.24, 2.45) is 0 Å². The Morgan fingerprint density at radius 3 is 2.52 bits per heavy atom. The summed E-state index contributed by atoms with van der Waals surface area (Å²) in [7, 11) is 0. The number of aryl methyl sites for hydroxylation is 2. The van der Waals surface area contributed by atoms with Crippen LogP contribution in [0.15, 0.2) is 36.4 Å². The fourth-order valence-electron chi connectivity index (χ4n) is 3.05. The molecule has 0 bridgehead atoms. The molecule has 150 valence electrons. The first-order valence-electron chi connectivity index (χ1n) is 8.54. The van der Waals surface area contributed by atoms with Gasteiger partial charge >= 0.3 is 6.18 Å². The van der Waals surface area contributed by atoms with Crippen LogP contribution in [0.4, 0.5) is 22.0 Å². The van der Waals surface area contributed by atoms with E-state index in [1.165, 1.54) is 16.8 Å². The number of rotatable bonds is 5. The Balaban J connectivity index is 1.75. The highest BCUT2D eigenvalue weighted by Gasteiger charge is 2.31. The van der Waals surface area contributed by atoms with Crippen LogP contribution in [0.5, 0.6) is 0 Å². The third-order valence-electron chi connectivity index (χ3n) is 4.47. The molecule has 6 nitrogen and oxygen atoms in total. The maximum atomic E-state index is 14.1. The average Bonchev–Trinajstić information content (AvgIpc) is 3.29. The van der Waals surface area contributed by atoms with Gasteiger partial charge in [-0.3, -0.25) is 4.68 Å². The summed E-state index contributed by atoms with van der Waals surface area (Å²) in [6.07, 6.45) is -3.82. The number of aromatic amines is 1. The molecule has 0 atom stereocenters. The second kappa shape index (κ2) is 7.22. The molecule has 2 aromatic carbocycles. The number of alkyl halides is 3. The summed E-state index contributed by atoms with van der Waals surface area (Å²) >= 11 is 0. The van der Waals surface area contributed by atoms with E-state index in [9.17, 15) is 22.0 Å². The highest BCUT2D eigenvalue weighted by Crippen LogP contribution is 2.32. The Morgan fingerprint density at radius 1 is 1.00 bits per heavy atom. The molecule has 4 rings (SSSR count). The van der Waals surface area contributed by atoms with E-state index in [4.69, 9.17) is 0 Å². The Labute approximate surface area is 160 Å². The first-order chi connectivity index (χ1) is 13.8. The second-order valence-corrected chi connectivity index (χ2v) is 6.40. The van der Waals surface area contributed by atoms with Crippen molar-refractivity contribution in [3.8, 4) is 0 Å². The molecule has 29 heavy (non-hydrogen) atoms. The largest absolute Gasteiger partial charge is 0.416 e. The number of tetrazole rings is 1. The molecule has 0 saturated carbocycles. The van der Waals surface area contributed by atoms with Gasteiger partial charge in [-0.2, -0.15) is 23.5 Å². The lowest BCUT2D eigenvalue weighted by Gasteiger charge is -2.09. The van der Waals surface area contributed by atoms with E-state index in [0.717, 1.165) is 24.3 Å². The number of hydrogen-bond acceptors (Lipinski definition) is 4. The Kier molecular flexibility index (Phi) is 4.73. The van der Waals surface area contributed by atoms with Gasteiger partial charge in [-0.05, 0) is 24.6 Å². The van der Waals surface area contributed by atoms with Crippen LogP contribution in [-0.4, -0.2) is 30.4 Å². The highest BCUT2D eigenvalue weighted by atomic mass is 19.4. The minimum Gasteiger partial charge on any atom is -0.260 e. The first kappa shape index (κ1) is 19.0. The van der Waals surface area contributed by atoms with E-state index in [1.54, 1.807) is 0 Å². The normalized spacial score (nSPS) is 12.0. The molecular formula is C18H13F5N6. The zero-order chi connectivity index (χ0) is 20.6. The Morgan fingerprint density at radius 2 is 1.83 bits per heavy atom. The fourth-order valence-corrected chi connectivity index (χ4v) is 3.05. The third-order valence-corrected chi connectivity index (χ3v) is 4.47. The maximum absolute atomic E-state index is 14.1. The summed E-state index contributed by atoms with van der Waals surface area (Å²) in [6, 6.07) is 6.34. The van der Waals surface area contributed by atoms with Gasteiger partial charge in [0, 0.05) is 23.4 Å². The van der Waals surface area contributed by atoms with Crippen LogP contribution in [0.2, 0.25) is 0 Å². The van der Waals surface area contributed by atoms with Gasteiger partial charge < -0.3 is 0 Å². The van der Waals surface area contributed by atoms with Gasteiger partial charge in [0.1, 0.15) is 11.6 Å². The van der Waals surface area contributed by atoms with Crippen molar-refractivity contribution in [3.63, 3.8) is 0 Å². The quantitative estimate of drug-likeness (QED) is 0.512. The van der Waals surface area contributed by atoms with E-state index in [-0.39, 0.29) is 17.6 Å². The number of hydrogen-bond donors (Lipinski definition) is 1. The monoisotopic (exact) mass is 408 g/mol. The molecule has 0 fully saturated rings. The highest BCUT2D eigenvalue weighted by molar-refractivity contribution is 5.83. The van der Waals surface area contributed by atoms with Crippen LogP contribution >= 0.6 is 0 Å². The number of halogens is 5. The molecule has 0 aliphatic rings. The predicted molar refractivity (Wildman–Crippen MR) is 91.8 cm³/mol. The topological polar surface area (TPSA) is 72.3 Å². The van der Waals surface area contributed by atoms with Gasteiger partial charge in [0.2, 0.25) is 0 Å². The molecule has 0 saturated heterocycles. The van der Waals surface area contributed by atoms with Crippen molar-refractivity contribution < 1.29 is 22.0 Å². The summed E-state index contributed by atoms with van der Waals surface area (Å²) in [4.78, 5) is 0. The van der Waals surface area contributed by atoms with Crippen molar-refractivity contribution >= 4 is 10.9 Å². The van der Waals surface area contributed by atoms with E-state index in [1.807, 2.05) is 0 Å². The summed E-state index contributed by atoms with van der Waals surface area (Å²) in [5.74, 6) is -1.10. The number of benzene rings is 2. The number of H-pyrrole nitrogens is 1. The molecule has 0 aliphatic carbocycles. The number of aromatic nitrogens is 6. The van der Waals surface area contributed by atoms with Crippen LogP contribution < -0.4 is 0 Å². The van der Waals surface area contributed by atoms with Gasteiger partial charge in [-0.1, -0.05) is 17.3 Å². The van der Waals surface area contributed by atoms with E-state index < -0.39 is 23.4 Å². The molecule has 1 N–H and O–H groups in total. The molecule has 2 aromatic heterocycles. The van der Waals surface area contributed by atoms with Crippen LogP contribution in [-0.2, 0) is 25.6 Å². The van der Waals surface area contributed by atoms with Crippen molar-refractivity contribution in [2.75, 3.05) is 0 Å². The Bertz CT molecular complexity index is 1150. The van der Waals surface area contributed by atoms with Crippen LogP contribution in [0, 0.1) is 11.6 Å². The number of nitrogens with one attached hydrogen (secondary N) is 1. The molecule has 0 radical (unpaired) electrons. The zero-order valence-corrected chi connectivity index (χ0v) is 14.7. The van der Waals surface area contributed by atoms with E-state index in [2.05, 4.69) is 25.7 Å². The second-order valence-electron chi connectivity index (χ2n) is 6.40. The molecule has 0 spiro atoms. The van der Waals surface area contributed by atoms with Gasteiger partial charge in [0.25, 0.3) is 0 Å². The fraction of sp³-hybridized carbons (Fsp3) is 0.222. The van der Waals surface area contributed by atoms with Crippen LogP contribution in [0.1, 0.15) is 22.6 Å². The zero-order valence-electron chi connectivity index (χ0n) is 14.7. The predicted octanol–water partition coefficient (Wildman–Crippen LogP) is 3.68. The molecule has 11 heteroatoms. The lowest BCUT2D eigenvalue weighted by Crippen LogP contribution is -2.07. The van der Waals surface area contributed by atoms with Gasteiger partial charge in [0.15, 0.2) is 5.82 Å². The summed E-state index contributed by atoms with van der Waals surface area (Å²) in [5.41, 5.74) is -0.0129. The minimum absolute atomic E-state index is 0.109. The minimum atomic E-state index is -4.53. The summed E-state index contributed by atoms with van der Waals surface area (Å²) in [5, 5.41) is 18.3. The van der Waals surface area contributed by atoms with Crippen molar-refractivity contribution in [1.82, 2.24) is 30.4 Å². The molecule has 0 unspecified atom stereocenters. The third kappa shape index (κ3) is 3.93. The Hall–Kier alpha value is -3.37. The van der Waals surface area contributed by atoms with Gasteiger partial charge in [-0.15, -0.1) is 10.2 Å². The average molecular weight is 408 g/mol. The first-order valence-corrected chi connectivity index (χ1v) is 8.54. The lowest BCUT2D eigenvalue weighted by atomic mass is 10.1. The molecule has 0 aliphatic heterocycles. The van der Waals surface area contributed by atoms with E-state index >= 15 is 0 Å². The molecular weight excluding hydrogens is 395 g/mol.